The van der Waals surface area contributed by atoms with E-state index in [0.29, 0.717) is 10.9 Å². The zero-order valence-electron chi connectivity index (χ0n) is 8.36. The Morgan fingerprint density at radius 2 is 2.18 bits per heavy atom. The van der Waals surface area contributed by atoms with Crippen LogP contribution in [0.4, 0.5) is 10.5 Å². The molecule has 1 aromatic heterocycles. The minimum atomic E-state index is -1.01. The van der Waals surface area contributed by atoms with Crippen LogP contribution in [0.5, 0.6) is 5.88 Å². The first-order valence-electron chi connectivity index (χ1n) is 4.44. The Labute approximate surface area is 94.2 Å². The zero-order chi connectivity index (χ0) is 12.4. The molecule has 17 heavy (non-hydrogen) atoms. The average molecular weight is 234 g/mol. The number of rotatable bonds is 2. The number of nitro groups is 1. The van der Waals surface area contributed by atoms with E-state index in [0.717, 1.165) is 6.33 Å². The maximum Gasteiger partial charge on any atom is 0.411 e. The van der Waals surface area contributed by atoms with Crippen LogP contribution in [0.2, 0.25) is 0 Å². The van der Waals surface area contributed by atoms with Crippen molar-refractivity contribution in [3.63, 3.8) is 0 Å². The van der Waals surface area contributed by atoms with Gasteiger partial charge in [-0.2, -0.15) is 0 Å². The highest BCUT2D eigenvalue weighted by Gasteiger charge is 2.12. The lowest BCUT2D eigenvalue weighted by Gasteiger charge is -2.02. The first kappa shape index (κ1) is 10.7. The fraction of sp³-hybridized carbons (Fsp3) is 0. The van der Waals surface area contributed by atoms with E-state index in [1.165, 1.54) is 18.2 Å². The second-order valence-corrected chi connectivity index (χ2v) is 3.06. The highest BCUT2D eigenvalue weighted by Crippen LogP contribution is 2.24. The summed E-state index contributed by atoms with van der Waals surface area (Å²) in [4.78, 5) is 28.2. The summed E-state index contributed by atoms with van der Waals surface area (Å²) in [5.41, 5.74) is 5.05. The van der Waals surface area contributed by atoms with Crippen LogP contribution in [0.25, 0.3) is 10.9 Å². The molecule has 1 amide bonds. The standard InChI is InChI=1S/C9H6N4O4/c10-9(14)17-8-6-2-1-5(13(15)16)3-7(6)11-4-12-8/h1-4H,(H2,10,14). The molecule has 1 aromatic carbocycles. The molecule has 0 atom stereocenters. The summed E-state index contributed by atoms with van der Waals surface area (Å²) >= 11 is 0. The molecule has 0 aliphatic carbocycles. The number of nitro benzene ring substituents is 1. The Kier molecular flexibility index (Phi) is 2.53. The molecule has 0 aliphatic rings. The van der Waals surface area contributed by atoms with Gasteiger partial charge in [-0.05, 0) is 6.07 Å². The monoisotopic (exact) mass is 234 g/mol. The summed E-state index contributed by atoms with van der Waals surface area (Å²) in [5, 5.41) is 10.9. The van der Waals surface area contributed by atoms with Gasteiger partial charge >= 0.3 is 6.09 Å². The van der Waals surface area contributed by atoms with E-state index in [1.54, 1.807) is 0 Å². The van der Waals surface area contributed by atoms with Gasteiger partial charge in [0, 0.05) is 12.1 Å². The zero-order valence-corrected chi connectivity index (χ0v) is 8.36. The van der Waals surface area contributed by atoms with Crippen molar-refractivity contribution in [1.82, 2.24) is 9.97 Å². The van der Waals surface area contributed by atoms with Crippen LogP contribution >= 0.6 is 0 Å². The van der Waals surface area contributed by atoms with Crippen molar-refractivity contribution >= 4 is 22.7 Å². The van der Waals surface area contributed by atoms with Gasteiger partial charge < -0.3 is 10.5 Å². The molecule has 0 saturated carbocycles. The molecule has 1 heterocycles. The summed E-state index contributed by atoms with van der Waals surface area (Å²) in [7, 11) is 0. The molecule has 0 unspecified atom stereocenters. The smallest absolute Gasteiger partial charge is 0.391 e. The van der Waals surface area contributed by atoms with Crippen molar-refractivity contribution in [2.45, 2.75) is 0 Å². The lowest BCUT2D eigenvalue weighted by atomic mass is 10.2. The van der Waals surface area contributed by atoms with Gasteiger partial charge in [-0.1, -0.05) is 0 Å². The van der Waals surface area contributed by atoms with Crippen LogP contribution < -0.4 is 10.5 Å². The Hall–Kier alpha value is -2.77. The number of primary amides is 1. The molecule has 0 bridgehead atoms. The van der Waals surface area contributed by atoms with Crippen LogP contribution in [0.3, 0.4) is 0 Å². The number of nitrogens with two attached hydrogens (primary N) is 1. The number of fused-ring (bicyclic) bond motifs is 1. The summed E-state index contributed by atoms with van der Waals surface area (Å²) in [6, 6.07) is 3.91. The molecule has 8 nitrogen and oxygen atoms in total. The molecule has 2 rings (SSSR count). The topological polar surface area (TPSA) is 121 Å². The third kappa shape index (κ3) is 2.09. The average Bonchev–Trinajstić information content (AvgIpc) is 2.28. The quantitative estimate of drug-likeness (QED) is 0.610. The molecule has 0 aliphatic heterocycles. The molecular weight excluding hydrogens is 228 g/mol. The lowest BCUT2D eigenvalue weighted by molar-refractivity contribution is -0.384. The molecule has 0 spiro atoms. The van der Waals surface area contributed by atoms with Crippen molar-refractivity contribution < 1.29 is 14.5 Å². The van der Waals surface area contributed by atoms with Crippen LogP contribution in [-0.2, 0) is 0 Å². The number of benzene rings is 1. The van der Waals surface area contributed by atoms with E-state index in [1.807, 2.05) is 0 Å². The van der Waals surface area contributed by atoms with E-state index in [2.05, 4.69) is 14.7 Å². The number of amides is 1. The van der Waals surface area contributed by atoms with Crippen LogP contribution in [-0.4, -0.2) is 21.0 Å². The second-order valence-electron chi connectivity index (χ2n) is 3.06. The molecule has 0 saturated heterocycles. The van der Waals surface area contributed by atoms with Crippen molar-refractivity contribution in [1.29, 1.82) is 0 Å². The lowest BCUT2D eigenvalue weighted by Crippen LogP contribution is -2.17. The van der Waals surface area contributed by atoms with E-state index >= 15 is 0 Å². The van der Waals surface area contributed by atoms with Crippen LogP contribution in [0.1, 0.15) is 0 Å². The third-order valence-corrected chi connectivity index (χ3v) is 1.99. The van der Waals surface area contributed by atoms with Crippen LogP contribution in [0, 0.1) is 10.1 Å². The van der Waals surface area contributed by atoms with Gasteiger partial charge in [0.2, 0.25) is 5.88 Å². The van der Waals surface area contributed by atoms with Crippen molar-refractivity contribution in [2.24, 2.45) is 5.73 Å². The van der Waals surface area contributed by atoms with E-state index in [4.69, 9.17) is 5.73 Å². The summed E-state index contributed by atoms with van der Waals surface area (Å²) in [5.74, 6) is -0.0302. The fourth-order valence-electron chi connectivity index (χ4n) is 1.31. The molecular formula is C9H6N4O4. The summed E-state index contributed by atoms with van der Waals surface area (Å²) < 4.78 is 4.65. The van der Waals surface area contributed by atoms with Gasteiger partial charge in [0.15, 0.2) is 0 Å². The first-order valence-corrected chi connectivity index (χ1v) is 4.44. The minimum Gasteiger partial charge on any atom is -0.391 e. The van der Waals surface area contributed by atoms with E-state index in [-0.39, 0.29) is 11.6 Å². The largest absolute Gasteiger partial charge is 0.411 e. The van der Waals surface area contributed by atoms with Crippen molar-refractivity contribution in [3.05, 3.63) is 34.6 Å². The predicted octanol–water partition coefficient (Wildman–Crippen LogP) is 0.996. The summed E-state index contributed by atoms with van der Waals surface area (Å²) in [6.45, 7) is 0. The number of carbonyl (C=O) groups is 1. The van der Waals surface area contributed by atoms with Gasteiger partial charge in [-0.25, -0.2) is 14.8 Å². The highest BCUT2D eigenvalue weighted by molar-refractivity contribution is 5.86. The molecule has 8 heteroatoms. The number of nitrogens with zero attached hydrogens (tertiary/aromatic N) is 3. The molecule has 2 N–H and O–H groups in total. The summed E-state index contributed by atoms with van der Waals surface area (Å²) in [6.07, 6.45) is 0.119. The Morgan fingerprint density at radius 1 is 1.41 bits per heavy atom. The van der Waals surface area contributed by atoms with Gasteiger partial charge in [0.25, 0.3) is 5.69 Å². The maximum absolute atomic E-state index is 10.6. The van der Waals surface area contributed by atoms with E-state index in [9.17, 15) is 14.9 Å². The number of hydrogen-bond acceptors (Lipinski definition) is 6. The van der Waals surface area contributed by atoms with Gasteiger partial charge in [0.05, 0.1) is 15.8 Å². The van der Waals surface area contributed by atoms with Gasteiger partial charge in [-0.3, -0.25) is 10.1 Å². The number of ether oxygens (including phenoxy) is 1. The number of non-ortho nitro benzene ring substituents is 1. The van der Waals surface area contributed by atoms with Gasteiger partial charge in [0.1, 0.15) is 6.33 Å². The third-order valence-electron chi connectivity index (χ3n) is 1.99. The highest BCUT2D eigenvalue weighted by atomic mass is 16.6. The normalized spacial score (nSPS) is 10.1. The predicted molar refractivity (Wildman–Crippen MR) is 56.4 cm³/mol. The molecule has 0 fully saturated rings. The fourth-order valence-corrected chi connectivity index (χ4v) is 1.31. The second kappa shape index (κ2) is 4.00. The Bertz CT molecular complexity index is 613. The molecule has 2 aromatic rings. The van der Waals surface area contributed by atoms with Crippen molar-refractivity contribution in [3.8, 4) is 5.88 Å². The molecule has 86 valence electrons. The Balaban J connectivity index is 2.58. The van der Waals surface area contributed by atoms with Gasteiger partial charge in [-0.15, -0.1) is 0 Å². The van der Waals surface area contributed by atoms with E-state index < -0.39 is 11.0 Å². The first-order chi connectivity index (χ1) is 8.08. The number of carbonyl (C=O) groups excluding carboxylic acids is 1. The van der Waals surface area contributed by atoms with Crippen LogP contribution in [0.15, 0.2) is 24.5 Å². The van der Waals surface area contributed by atoms with Crippen molar-refractivity contribution in [2.75, 3.05) is 0 Å². The SMILES string of the molecule is NC(=O)Oc1ncnc2cc([N+](=O)[O-])ccc12. The number of aromatic nitrogens is 2. The maximum atomic E-state index is 10.6. The minimum absolute atomic E-state index is 0.0302. The molecule has 0 radical (unpaired) electrons. The Morgan fingerprint density at radius 3 is 2.82 bits per heavy atom. The number of hydrogen-bond donors (Lipinski definition) is 1.